The molecule has 0 aromatic heterocycles. The number of aryl methyl sites for hydroxylation is 4. The standard InChI is InChI=1S/C65H78N4O11/c1-5-50-14-16-52(17-15-50)47-77-35-30-69-64(70)55-11-7-10-54-53(19-20-56(63(54)55)65(69)71)9-6-8-51-18-23-59(62(46-51)80-43-38-72-4)68-28-36-78-60-44-48(2)12-21-57(60)66-24-31-73-39-41-75-33-26-67(27-34-76-42-40-74-32-25-66)58-22-13-49(3)45-61(58)79-37-29-68/h5,7,10-23,44-46H,1,6,8-9,24-43,47H2,2-4H3. The molecule has 1 saturated heterocycles. The summed E-state index contributed by atoms with van der Waals surface area (Å²) in [5.74, 6) is 1.73. The van der Waals surface area contributed by atoms with Crippen LogP contribution in [0.1, 0.15) is 60.5 Å². The van der Waals surface area contributed by atoms with Crippen molar-refractivity contribution in [2.75, 3.05) is 154 Å². The van der Waals surface area contributed by atoms with E-state index >= 15 is 0 Å². The van der Waals surface area contributed by atoms with Crippen LogP contribution in [0.3, 0.4) is 0 Å². The van der Waals surface area contributed by atoms with E-state index in [1.54, 1.807) is 13.2 Å². The molecule has 6 aromatic carbocycles. The van der Waals surface area contributed by atoms with Gasteiger partial charge in [-0.1, -0.05) is 73.3 Å². The Bertz CT molecular complexity index is 2880. The van der Waals surface area contributed by atoms with Gasteiger partial charge in [-0.25, -0.2) is 0 Å². The first-order valence-corrected chi connectivity index (χ1v) is 28.2. The molecular formula is C65H78N4O11. The lowest BCUT2D eigenvalue weighted by molar-refractivity contribution is 0.0435. The maximum Gasteiger partial charge on any atom is 0.261 e. The average Bonchev–Trinajstić information content (AvgIpc) is 3.53. The van der Waals surface area contributed by atoms with Gasteiger partial charge in [-0.15, -0.1) is 0 Å². The number of hydrogen-bond donors (Lipinski definition) is 0. The van der Waals surface area contributed by atoms with E-state index in [9.17, 15) is 9.59 Å². The summed E-state index contributed by atoms with van der Waals surface area (Å²) in [5.41, 5.74) is 10.4. The first-order chi connectivity index (χ1) is 39.3. The molecule has 10 rings (SSSR count). The lowest BCUT2D eigenvalue weighted by atomic mass is 9.89. The maximum absolute atomic E-state index is 13.9. The van der Waals surface area contributed by atoms with Gasteiger partial charge in [0.25, 0.3) is 11.8 Å². The average molecular weight is 1090 g/mol. The van der Waals surface area contributed by atoms with Crippen molar-refractivity contribution in [3.63, 3.8) is 0 Å². The normalized spacial score (nSPS) is 16.4. The summed E-state index contributed by atoms with van der Waals surface area (Å²) in [4.78, 5) is 36.0. The molecule has 15 nitrogen and oxygen atoms in total. The van der Waals surface area contributed by atoms with E-state index in [0.29, 0.717) is 136 Å². The Balaban J connectivity index is 0.940. The van der Waals surface area contributed by atoms with Gasteiger partial charge in [0.1, 0.15) is 37.1 Å². The second kappa shape index (κ2) is 29.5. The third-order valence-electron chi connectivity index (χ3n) is 14.8. The molecule has 424 valence electrons. The number of anilines is 3. The molecule has 0 atom stereocenters. The molecular weight excluding hydrogens is 1010 g/mol. The number of imide groups is 1. The van der Waals surface area contributed by atoms with Crippen molar-refractivity contribution in [2.24, 2.45) is 0 Å². The molecule has 0 saturated carbocycles. The van der Waals surface area contributed by atoms with Crippen molar-refractivity contribution >= 4 is 45.7 Å². The molecule has 4 aliphatic heterocycles. The summed E-state index contributed by atoms with van der Waals surface area (Å²) < 4.78 is 56.1. The van der Waals surface area contributed by atoms with Crippen LogP contribution >= 0.6 is 0 Å². The zero-order valence-corrected chi connectivity index (χ0v) is 46.9. The Morgan fingerprint density at radius 3 is 1.69 bits per heavy atom. The fourth-order valence-electron chi connectivity index (χ4n) is 10.5. The van der Waals surface area contributed by atoms with E-state index in [0.717, 1.165) is 97.7 Å². The van der Waals surface area contributed by atoms with Gasteiger partial charge >= 0.3 is 0 Å². The highest BCUT2D eigenvalue weighted by molar-refractivity contribution is 6.25. The first kappa shape index (κ1) is 57.7. The maximum atomic E-state index is 13.9. The van der Waals surface area contributed by atoms with Crippen LogP contribution in [-0.2, 0) is 47.9 Å². The lowest BCUT2D eigenvalue weighted by Gasteiger charge is -2.30. The number of methoxy groups -OCH3 is 1. The second-order valence-electron chi connectivity index (χ2n) is 20.3. The predicted octanol–water partition coefficient (Wildman–Crippen LogP) is 9.78. The molecule has 4 heterocycles. The van der Waals surface area contributed by atoms with Crippen molar-refractivity contribution < 1.29 is 52.2 Å². The smallest absolute Gasteiger partial charge is 0.261 e. The van der Waals surface area contributed by atoms with E-state index in [2.05, 4.69) is 89.7 Å². The van der Waals surface area contributed by atoms with Gasteiger partial charge in [-0.2, -0.15) is 0 Å². The Labute approximate surface area is 471 Å². The van der Waals surface area contributed by atoms with E-state index in [1.165, 1.54) is 4.90 Å². The van der Waals surface area contributed by atoms with E-state index in [1.807, 2.05) is 54.6 Å². The largest absolute Gasteiger partial charge is 0.490 e. The molecule has 15 heteroatoms. The number of carbonyl (C=O) groups excluding carboxylic acids is 2. The predicted molar refractivity (Wildman–Crippen MR) is 315 cm³/mol. The summed E-state index contributed by atoms with van der Waals surface area (Å²) in [6, 6.07) is 36.8. The Hall–Kier alpha value is -6.98. The molecule has 6 aromatic rings. The van der Waals surface area contributed by atoms with E-state index < -0.39 is 0 Å². The van der Waals surface area contributed by atoms with Crippen molar-refractivity contribution in [3.8, 4) is 17.2 Å². The zero-order chi connectivity index (χ0) is 55.5. The monoisotopic (exact) mass is 1090 g/mol. The Morgan fingerprint density at radius 2 is 1.10 bits per heavy atom. The zero-order valence-electron chi connectivity index (χ0n) is 46.9. The van der Waals surface area contributed by atoms with Gasteiger partial charge in [0.15, 0.2) is 0 Å². The van der Waals surface area contributed by atoms with Crippen LogP contribution in [0.15, 0.2) is 116 Å². The quantitative estimate of drug-likeness (QED) is 0.0550. The molecule has 0 unspecified atom stereocenters. The number of benzene rings is 6. The van der Waals surface area contributed by atoms with Crippen LogP contribution in [0, 0.1) is 13.8 Å². The number of fused-ring (bicyclic) bond motifs is 20. The SMILES string of the molecule is C=Cc1ccc(COCCN2C(=O)c3cccc4c(CCCc5ccc(N6CCOc7cc(C)ccc7N7CCOCCOCCN(CCOCCOCC7)c7ccc(C)cc7OCC6)c(OCCOC)c5)ccc(c34)C2=O)cc1. The Kier molecular flexibility index (Phi) is 21.3. The number of rotatable bonds is 15. The van der Waals surface area contributed by atoms with Crippen LogP contribution in [0.2, 0.25) is 0 Å². The first-order valence-electron chi connectivity index (χ1n) is 28.2. The van der Waals surface area contributed by atoms with Crippen molar-refractivity contribution in [1.82, 2.24) is 4.90 Å². The van der Waals surface area contributed by atoms with E-state index in [4.69, 9.17) is 42.6 Å². The van der Waals surface area contributed by atoms with Crippen LogP contribution in [0.4, 0.5) is 17.1 Å². The van der Waals surface area contributed by atoms with Gasteiger partial charge in [0.05, 0.1) is 109 Å². The molecule has 80 heavy (non-hydrogen) atoms. The topological polar surface area (TPSA) is 130 Å². The molecule has 2 amide bonds. The molecule has 0 spiro atoms. The van der Waals surface area contributed by atoms with Crippen molar-refractivity contribution in [1.29, 1.82) is 0 Å². The highest BCUT2D eigenvalue weighted by Gasteiger charge is 2.33. The summed E-state index contributed by atoms with van der Waals surface area (Å²) in [6.07, 6.45) is 4.13. The fourth-order valence-corrected chi connectivity index (χ4v) is 10.5. The summed E-state index contributed by atoms with van der Waals surface area (Å²) in [7, 11) is 1.68. The minimum atomic E-state index is -0.300. The molecule has 0 aliphatic carbocycles. The third kappa shape index (κ3) is 15.3. The molecule has 1 fully saturated rings. The van der Waals surface area contributed by atoms with Gasteiger partial charge in [0, 0.05) is 49.8 Å². The Morgan fingerprint density at radius 1 is 0.550 bits per heavy atom. The minimum Gasteiger partial charge on any atom is -0.490 e. The number of hydrogen-bond acceptors (Lipinski definition) is 14. The van der Waals surface area contributed by atoms with Gasteiger partial charge in [-0.3, -0.25) is 14.5 Å². The second-order valence-corrected chi connectivity index (χ2v) is 20.3. The van der Waals surface area contributed by atoms with Crippen molar-refractivity contribution in [3.05, 3.63) is 160 Å². The molecule has 0 N–H and O–H groups in total. The van der Waals surface area contributed by atoms with Crippen LogP contribution in [-0.4, -0.2) is 156 Å². The van der Waals surface area contributed by atoms with Crippen LogP contribution in [0.5, 0.6) is 17.2 Å². The van der Waals surface area contributed by atoms with Gasteiger partial charge < -0.3 is 57.3 Å². The number of amides is 2. The number of nitrogens with zero attached hydrogens (tertiary/aromatic N) is 4. The summed E-state index contributed by atoms with van der Waals surface area (Å²) in [6.45, 7) is 18.0. The highest BCUT2D eigenvalue weighted by Crippen LogP contribution is 2.36. The minimum absolute atomic E-state index is 0.162. The molecule has 0 radical (unpaired) electrons. The van der Waals surface area contributed by atoms with E-state index in [-0.39, 0.29) is 25.0 Å². The molecule has 2 bridgehead atoms. The lowest BCUT2D eigenvalue weighted by Crippen LogP contribution is -2.42. The summed E-state index contributed by atoms with van der Waals surface area (Å²) in [5, 5.41) is 1.65. The summed E-state index contributed by atoms with van der Waals surface area (Å²) >= 11 is 0. The van der Waals surface area contributed by atoms with Crippen LogP contribution in [0.25, 0.3) is 16.8 Å². The van der Waals surface area contributed by atoms with Gasteiger partial charge in [-0.05, 0) is 120 Å². The third-order valence-corrected chi connectivity index (χ3v) is 14.8. The number of carbonyl (C=O) groups is 2. The van der Waals surface area contributed by atoms with Crippen LogP contribution < -0.4 is 28.9 Å². The highest BCUT2D eigenvalue weighted by atomic mass is 16.5. The fraction of sp³-hybridized carbons (Fsp3) is 0.415. The van der Waals surface area contributed by atoms with Crippen molar-refractivity contribution in [2.45, 2.75) is 39.7 Å². The molecule has 4 aliphatic rings. The van der Waals surface area contributed by atoms with Gasteiger partial charge in [0.2, 0.25) is 0 Å². The number of ether oxygens (including phenoxy) is 9.